The monoisotopic (exact) mass is 461 g/mol. The summed E-state index contributed by atoms with van der Waals surface area (Å²) in [5, 5.41) is 2.66. The maximum absolute atomic E-state index is 11.9. The topological polar surface area (TPSA) is 29.5 Å². The molecule has 0 aromatic heterocycles. The minimum atomic E-state index is -0.00992. The van der Waals surface area contributed by atoms with Crippen molar-refractivity contribution in [1.82, 2.24) is 4.90 Å². The molecule has 2 aromatic rings. The number of hydrogen-bond donors (Lipinski definition) is 0. The fraction of sp³-hybridized carbons (Fsp3) is 0.581. The predicted octanol–water partition coefficient (Wildman–Crippen LogP) is 7.28. The van der Waals surface area contributed by atoms with E-state index in [2.05, 4.69) is 68.1 Å². The molecule has 0 atom stereocenters. The first-order valence-electron chi connectivity index (χ1n) is 13.4. The third-order valence-electron chi connectivity index (χ3n) is 8.08. The second-order valence-corrected chi connectivity index (χ2v) is 11.5. The van der Waals surface area contributed by atoms with Crippen LogP contribution >= 0.6 is 0 Å². The summed E-state index contributed by atoms with van der Waals surface area (Å²) in [6.07, 6.45) is 10.5. The highest BCUT2D eigenvalue weighted by atomic mass is 16.5. The van der Waals surface area contributed by atoms with Crippen molar-refractivity contribution in [2.24, 2.45) is 17.3 Å². The molecule has 0 radical (unpaired) electrons. The standard InChI is InChI=1S/C31H43NO2/c1-5-34-30(33)26-15-18-32(19-16-26)17-14-24-6-10-28-22-25(7-11-27(28)21-24)20-23-8-12-29(13-9-23)31(2,3)4/h6-7,10-11,20-22,26,29H,5,8-9,12-19H2,1-4H3. The van der Waals surface area contributed by atoms with E-state index < -0.39 is 0 Å². The number of fused-ring (bicyclic) bond motifs is 1. The Morgan fingerprint density at radius 1 is 1.00 bits per heavy atom. The molecule has 0 N–H and O–H groups in total. The lowest BCUT2D eigenvalue weighted by Crippen LogP contribution is -2.38. The van der Waals surface area contributed by atoms with E-state index in [1.165, 1.54) is 47.6 Å². The van der Waals surface area contributed by atoms with Crippen molar-refractivity contribution in [1.29, 1.82) is 0 Å². The van der Waals surface area contributed by atoms with Gasteiger partial charge >= 0.3 is 5.97 Å². The van der Waals surface area contributed by atoms with Crippen molar-refractivity contribution in [2.45, 2.75) is 72.6 Å². The first kappa shape index (κ1) is 25.0. The number of carbonyl (C=O) groups is 1. The largest absolute Gasteiger partial charge is 0.466 e. The Bertz CT molecular complexity index is 998. The van der Waals surface area contributed by atoms with Crippen molar-refractivity contribution in [3.8, 4) is 0 Å². The molecule has 1 heterocycles. The van der Waals surface area contributed by atoms with Gasteiger partial charge in [0.1, 0.15) is 0 Å². The van der Waals surface area contributed by atoms with Crippen LogP contribution in [0.4, 0.5) is 0 Å². The average Bonchev–Trinajstić information content (AvgIpc) is 2.83. The lowest BCUT2D eigenvalue weighted by molar-refractivity contribution is -0.149. The van der Waals surface area contributed by atoms with E-state index >= 15 is 0 Å². The number of nitrogens with zero attached hydrogens (tertiary/aromatic N) is 1. The van der Waals surface area contributed by atoms with Gasteiger partial charge in [0, 0.05) is 6.54 Å². The molecule has 2 fully saturated rings. The molecule has 1 aliphatic heterocycles. The molecule has 1 aliphatic carbocycles. The third kappa shape index (κ3) is 6.50. The molecule has 0 unspecified atom stereocenters. The number of carbonyl (C=O) groups excluding carboxylic acids is 1. The van der Waals surface area contributed by atoms with Crippen LogP contribution in [0.25, 0.3) is 16.8 Å². The normalized spacial score (nSPS) is 20.5. The van der Waals surface area contributed by atoms with Crippen molar-refractivity contribution >= 4 is 22.8 Å². The van der Waals surface area contributed by atoms with Gasteiger partial charge in [0.15, 0.2) is 0 Å². The lowest BCUT2D eigenvalue weighted by Gasteiger charge is -2.34. The van der Waals surface area contributed by atoms with Gasteiger partial charge in [0.25, 0.3) is 0 Å². The Morgan fingerprint density at radius 3 is 2.35 bits per heavy atom. The summed E-state index contributed by atoms with van der Waals surface area (Å²) in [4.78, 5) is 14.4. The van der Waals surface area contributed by atoms with Crippen LogP contribution in [0.1, 0.15) is 77.3 Å². The zero-order valence-corrected chi connectivity index (χ0v) is 21.7. The molecule has 4 rings (SSSR count). The van der Waals surface area contributed by atoms with Gasteiger partial charge in [0.2, 0.25) is 0 Å². The Kier molecular flexibility index (Phi) is 8.14. The molecule has 184 valence electrons. The van der Waals surface area contributed by atoms with Gasteiger partial charge < -0.3 is 9.64 Å². The zero-order chi connectivity index (χ0) is 24.1. The summed E-state index contributed by atoms with van der Waals surface area (Å²) in [5.74, 6) is 0.933. The summed E-state index contributed by atoms with van der Waals surface area (Å²) >= 11 is 0. The molecular formula is C31H43NO2. The molecule has 2 aliphatic rings. The lowest BCUT2D eigenvalue weighted by atomic mass is 9.71. The Morgan fingerprint density at radius 2 is 1.68 bits per heavy atom. The van der Waals surface area contributed by atoms with E-state index in [-0.39, 0.29) is 11.9 Å². The van der Waals surface area contributed by atoms with Crippen molar-refractivity contribution in [3.05, 3.63) is 53.1 Å². The van der Waals surface area contributed by atoms with Crippen molar-refractivity contribution in [2.75, 3.05) is 26.2 Å². The third-order valence-corrected chi connectivity index (χ3v) is 8.08. The first-order valence-corrected chi connectivity index (χ1v) is 13.4. The Balaban J connectivity index is 1.30. The average molecular weight is 462 g/mol. The fourth-order valence-electron chi connectivity index (χ4n) is 5.73. The molecule has 3 nitrogen and oxygen atoms in total. The van der Waals surface area contributed by atoms with Crippen LogP contribution in [-0.2, 0) is 16.0 Å². The van der Waals surface area contributed by atoms with Gasteiger partial charge in [-0.25, -0.2) is 0 Å². The second-order valence-electron chi connectivity index (χ2n) is 11.5. The van der Waals surface area contributed by atoms with Gasteiger partial charge in [0.05, 0.1) is 12.5 Å². The van der Waals surface area contributed by atoms with E-state index in [0.29, 0.717) is 12.0 Å². The number of allylic oxidation sites excluding steroid dienone is 1. The molecule has 34 heavy (non-hydrogen) atoms. The van der Waals surface area contributed by atoms with E-state index in [4.69, 9.17) is 4.74 Å². The van der Waals surface area contributed by atoms with E-state index in [0.717, 1.165) is 44.8 Å². The van der Waals surface area contributed by atoms with Gasteiger partial charge in [-0.3, -0.25) is 4.79 Å². The van der Waals surface area contributed by atoms with Crippen LogP contribution < -0.4 is 0 Å². The summed E-state index contributed by atoms with van der Waals surface area (Å²) in [6, 6.07) is 13.9. The first-order chi connectivity index (χ1) is 16.3. The van der Waals surface area contributed by atoms with Crippen LogP contribution in [-0.4, -0.2) is 37.1 Å². The minimum absolute atomic E-state index is 0.00992. The number of likely N-dealkylation sites (tertiary alicyclic amines) is 1. The zero-order valence-electron chi connectivity index (χ0n) is 21.7. The summed E-state index contributed by atoms with van der Waals surface area (Å²) in [6.45, 7) is 12.6. The van der Waals surface area contributed by atoms with Crippen molar-refractivity contribution < 1.29 is 9.53 Å². The number of ether oxygens (including phenoxy) is 1. The minimum Gasteiger partial charge on any atom is -0.466 e. The summed E-state index contributed by atoms with van der Waals surface area (Å²) < 4.78 is 5.19. The molecule has 0 spiro atoms. The molecule has 1 saturated heterocycles. The van der Waals surface area contributed by atoms with Crippen LogP contribution in [0, 0.1) is 17.3 Å². The molecule has 2 aromatic carbocycles. The Labute approximate surface area is 206 Å². The van der Waals surface area contributed by atoms with Crippen molar-refractivity contribution in [3.63, 3.8) is 0 Å². The maximum Gasteiger partial charge on any atom is 0.309 e. The van der Waals surface area contributed by atoms with Gasteiger partial charge in [-0.2, -0.15) is 0 Å². The molecular weight excluding hydrogens is 418 g/mol. The van der Waals surface area contributed by atoms with Crippen LogP contribution in [0.3, 0.4) is 0 Å². The number of esters is 1. The quantitative estimate of drug-likeness (QED) is 0.423. The SMILES string of the molecule is CCOC(=O)C1CCN(CCc2ccc3cc(C=C4CCC(C(C)(C)C)CC4)ccc3c2)CC1. The molecule has 0 amide bonds. The number of piperidine rings is 1. The smallest absolute Gasteiger partial charge is 0.309 e. The number of benzene rings is 2. The highest BCUT2D eigenvalue weighted by molar-refractivity contribution is 5.85. The van der Waals surface area contributed by atoms with Crippen LogP contribution in [0.15, 0.2) is 42.0 Å². The van der Waals surface area contributed by atoms with Gasteiger partial charge in [-0.15, -0.1) is 0 Å². The van der Waals surface area contributed by atoms with E-state index in [1.807, 2.05) is 6.92 Å². The van der Waals surface area contributed by atoms with Gasteiger partial charge in [-0.05, 0) is 104 Å². The second kappa shape index (κ2) is 11.1. The molecule has 0 bridgehead atoms. The number of hydrogen-bond acceptors (Lipinski definition) is 3. The van der Waals surface area contributed by atoms with Crippen LogP contribution in [0.2, 0.25) is 0 Å². The molecule has 1 saturated carbocycles. The van der Waals surface area contributed by atoms with Crippen LogP contribution in [0.5, 0.6) is 0 Å². The summed E-state index contributed by atoms with van der Waals surface area (Å²) in [5.41, 5.74) is 4.79. The highest BCUT2D eigenvalue weighted by Gasteiger charge is 2.27. The predicted molar refractivity (Wildman–Crippen MR) is 143 cm³/mol. The van der Waals surface area contributed by atoms with Gasteiger partial charge in [-0.1, -0.05) is 62.8 Å². The van der Waals surface area contributed by atoms with E-state index in [9.17, 15) is 4.79 Å². The Hall–Kier alpha value is -2.13. The highest BCUT2D eigenvalue weighted by Crippen LogP contribution is 2.40. The fourth-order valence-corrected chi connectivity index (χ4v) is 5.73. The molecule has 3 heteroatoms. The summed E-state index contributed by atoms with van der Waals surface area (Å²) in [7, 11) is 0. The van der Waals surface area contributed by atoms with E-state index in [1.54, 1.807) is 5.57 Å². The maximum atomic E-state index is 11.9. The number of rotatable bonds is 6.